The summed E-state index contributed by atoms with van der Waals surface area (Å²) in [5.41, 5.74) is 2.45. The van der Waals surface area contributed by atoms with Gasteiger partial charge in [0.25, 0.3) is 0 Å². The van der Waals surface area contributed by atoms with E-state index >= 15 is 0 Å². The standard InChI is InChI=1S/C19H22N2O2S.ClH/c1-2-7-17-15(5-1)18(16-6-3-8-20-19(16)23-17)24-14-4-9-21-10-12-22-13-11-21;/h1-3,5-8,18H,4,9-14H2;1H. The number of rotatable bonds is 5. The van der Waals surface area contributed by atoms with Crippen molar-refractivity contribution >= 4 is 24.2 Å². The van der Waals surface area contributed by atoms with Crippen LogP contribution < -0.4 is 4.74 Å². The Kier molecular flexibility index (Phi) is 6.59. The van der Waals surface area contributed by atoms with Gasteiger partial charge < -0.3 is 9.47 Å². The highest BCUT2D eigenvalue weighted by Gasteiger charge is 2.27. The first-order valence-electron chi connectivity index (χ1n) is 8.55. The third kappa shape index (κ3) is 4.29. The number of thioether (sulfide) groups is 1. The SMILES string of the molecule is Cl.c1ccc2c(c1)Oc1ncccc1C2SCCCN1CCOCC1. The number of para-hydroxylation sites is 1. The molecule has 3 heterocycles. The van der Waals surface area contributed by atoms with Crippen LogP contribution in [0.1, 0.15) is 22.8 Å². The van der Waals surface area contributed by atoms with E-state index in [2.05, 4.69) is 28.1 Å². The maximum atomic E-state index is 5.96. The lowest BCUT2D eigenvalue weighted by Crippen LogP contribution is -2.37. The molecule has 134 valence electrons. The number of nitrogens with zero attached hydrogens (tertiary/aromatic N) is 2. The van der Waals surface area contributed by atoms with Crippen molar-refractivity contribution in [2.24, 2.45) is 0 Å². The Balaban J connectivity index is 0.00000182. The van der Waals surface area contributed by atoms with Crippen LogP contribution in [0, 0.1) is 0 Å². The van der Waals surface area contributed by atoms with Gasteiger partial charge in [0, 0.05) is 30.4 Å². The minimum atomic E-state index is 0. The van der Waals surface area contributed by atoms with Gasteiger partial charge >= 0.3 is 0 Å². The van der Waals surface area contributed by atoms with E-state index in [1.165, 1.54) is 17.5 Å². The molecule has 1 aromatic heterocycles. The predicted octanol–water partition coefficient (Wildman–Crippen LogP) is 4.15. The maximum absolute atomic E-state index is 5.96. The Morgan fingerprint density at radius 3 is 2.76 bits per heavy atom. The van der Waals surface area contributed by atoms with E-state index < -0.39 is 0 Å². The zero-order chi connectivity index (χ0) is 16.2. The number of halogens is 1. The zero-order valence-electron chi connectivity index (χ0n) is 14.1. The van der Waals surface area contributed by atoms with Crippen molar-refractivity contribution in [2.45, 2.75) is 11.7 Å². The number of hydrogen-bond acceptors (Lipinski definition) is 5. The normalized spacial score (nSPS) is 19.3. The number of benzene rings is 1. The molecule has 0 bridgehead atoms. The highest BCUT2D eigenvalue weighted by Crippen LogP contribution is 2.48. The van der Waals surface area contributed by atoms with E-state index in [1.807, 2.05) is 30.0 Å². The third-order valence-corrected chi connectivity index (χ3v) is 5.86. The molecule has 2 aliphatic rings. The number of hydrogen-bond donors (Lipinski definition) is 0. The molecule has 0 radical (unpaired) electrons. The lowest BCUT2D eigenvalue weighted by molar-refractivity contribution is 0.0381. The first-order valence-corrected chi connectivity index (χ1v) is 9.60. The van der Waals surface area contributed by atoms with Crippen LogP contribution in [0.5, 0.6) is 11.6 Å². The van der Waals surface area contributed by atoms with Gasteiger partial charge in [0.15, 0.2) is 0 Å². The highest BCUT2D eigenvalue weighted by molar-refractivity contribution is 7.99. The Bertz CT molecular complexity index is 649. The van der Waals surface area contributed by atoms with Crippen molar-refractivity contribution < 1.29 is 9.47 Å². The minimum Gasteiger partial charge on any atom is -0.438 e. The monoisotopic (exact) mass is 378 g/mol. The van der Waals surface area contributed by atoms with Gasteiger partial charge in [-0.25, -0.2) is 4.98 Å². The fourth-order valence-corrected chi connectivity index (χ4v) is 4.51. The van der Waals surface area contributed by atoms with Crippen LogP contribution in [0.3, 0.4) is 0 Å². The quantitative estimate of drug-likeness (QED) is 0.730. The van der Waals surface area contributed by atoms with E-state index in [1.54, 1.807) is 6.20 Å². The van der Waals surface area contributed by atoms with Crippen molar-refractivity contribution in [1.82, 2.24) is 9.88 Å². The number of pyridine rings is 1. The van der Waals surface area contributed by atoms with E-state index in [4.69, 9.17) is 9.47 Å². The summed E-state index contributed by atoms with van der Waals surface area (Å²) >= 11 is 1.99. The van der Waals surface area contributed by atoms with Gasteiger partial charge in [-0.3, -0.25) is 4.90 Å². The molecular weight excluding hydrogens is 356 g/mol. The topological polar surface area (TPSA) is 34.6 Å². The predicted molar refractivity (Wildman–Crippen MR) is 104 cm³/mol. The van der Waals surface area contributed by atoms with Crippen LogP contribution in [-0.4, -0.2) is 48.5 Å². The minimum absolute atomic E-state index is 0. The first kappa shape index (κ1) is 18.5. The molecule has 0 saturated carbocycles. The van der Waals surface area contributed by atoms with Crippen molar-refractivity contribution in [1.29, 1.82) is 0 Å². The van der Waals surface area contributed by atoms with Gasteiger partial charge in [-0.05, 0) is 30.9 Å². The second-order valence-corrected chi connectivity index (χ2v) is 7.31. The van der Waals surface area contributed by atoms with Crippen molar-refractivity contribution in [2.75, 3.05) is 38.6 Å². The second kappa shape index (κ2) is 8.90. The molecule has 2 aromatic rings. The smallest absolute Gasteiger partial charge is 0.223 e. The van der Waals surface area contributed by atoms with Crippen LogP contribution in [0.25, 0.3) is 0 Å². The summed E-state index contributed by atoms with van der Waals surface area (Å²) < 4.78 is 11.4. The van der Waals surface area contributed by atoms with Gasteiger partial charge in [0.1, 0.15) is 5.75 Å². The molecule has 4 rings (SSSR count). The Morgan fingerprint density at radius 2 is 1.88 bits per heavy atom. The average Bonchev–Trinajstić information content (AvgIpc) is 2.65. The molecule has 2 aliphatic heterocycles. The number of fused-ring (bicyclic) bond motifs is 2. The number of morpholine rings is 1. The number of aromatic nitrogens is 1. The molecule has 1 saturated heterocycles. The molecular formula is C19H23ClN2O2S. The van der Waals surface area contributed by atoms with Gasteiger partial charge in [-0.1, -0.05) is 24.3 Å². The molecule has 0 amide bonds. The van der Waals surface area contributed by atoms with Crippen LogP contribution in [-0.2, 0) is 4.74 Å². The Hall–Kier alpha value is -1.27. The molecule has 25 heavy (non-hydrogen) atoms. The fraction of sp³-hybridized carbons (Fsp3) is 0.421. The van der Waals surface area contributed by atoms with Gasteiger partial charge in [-0.2, -0.15) is 0 Å². The lowest BCUT2D eigenvalue weighted by Gasteiger charge is -2.28. The van der Waals surface area contributed by atoms with Crippen molar-refractivity contribution in [3.63, 3.8) is 0 Å². The summed E-state index contributed by atoms with van der Waals surface area (Å²) in [6, 6.07) is 12.5. The molecule has 0 aliphatic carbocycles. The molecule has 4 nitrogen and oxygen atoms in total. The van der Waals surface area contributed by atoms with Crippen molar-refractivity contribution in [3.05, 3.63) is 53.7 Å². The molecule has 1 aromatic carbocycles. The Labute approximate surface area is 159 Å². The van der Waals surface area contributed by atoms with Gasteiger partial charge in [0.2, 0.25) is 5.88 Å². The van der Waals surface area contributed by atoms with Crippen LogP contribution in [0.4, 0.5) is 0 Å². The summed E-state index contributed by atoms with van der Waals surface area (Å²) in [6.07, 6.45) is 2.99. The molecule has 1 unspecified atom stereocenters. The summed E-state index contributed by atoms with van der Waals surface area (Å²) in [7, 11) is 0. The van der Waals surface area contributed by atoms with Crippen molar-refractivity contribution in [3.8, 4) is 11.6 Å². The molecule has 0 N–H and O–H groups in total. The van der Waals surface area contributed by atoms with Crippen LogP contribution in [0.2, 0.25) is 0 Å². The highest BCUT2D eigenvalue weighted by atomic mass is 35.5. The van der Waals surface area contributed by atoms with Crippen LogP contribution in [0.15, 0.2) is 42.6 Å². The lowest BCUT2D eigenvalue weighted by atomic mass is 10.0. The molecule has 1 atom stereocenters. The Morgan fingerprint density at radius 1 is 1.08 bits per heavy atom. The van der Waals surface area contributed by atoms with Gasteiger partial charge in [-0.15, -0.1) is 24.2 Å². The van der Waals surface area contributed by atoms with E-state index in [-0.39, 0.29) is 12.4 Å². The average molecular weight is 379 g/mol. The number of ether oxygens (including phenoxy) is 2. The molecule has 1 fully saturated rings. The van der Waals surface area contributed by atoms with Gasteiger partial charge in [0.05, 0.1) is 18.5 Å². The van der Waals surface area contributed by atoms with Crippen LogP contribution >= 0.6 is 24.2 Å². The van der Waals surface area contributed by atoms with E-state index in [9.17, 15) is 0 Å². The van der Waals surface area contributed by atoms with E-state index in [0.29, 0.717) is 5.25 Å². The van der Waals surface area contributed by atoms with E-state index in [0.717, 1.165) is 50.2 Å². The summed E-state index contributed by atoms with van der Waals surface area (Å²) in [6.45, 7) is 5.04. The maximum Gasteiger partial charge on any atom is 0.223 e. The summed E-state index contributed by atoms with van der Waals surface area (Å²) in [4.78, 5) is 6.91. The summed E-state index contributed by atoms with van der Waals surface area (Å²) in [5, 5.41) is 0.309. The summed E-state index contributed by atoms with van der Waals surface area (Å²) in [5.74, 6) is 2.82. The third-order valence-electron chi connectivity index (χ3n) is 4.50. The zero-order valence-corrected chi connectivity index (χ0v) is 15.7. The largest absolute Gasteiger partial charge is 0.438 e. The second-order valence-electron chi connectivity index (χ2n) is 6.10. The molecule has 6 heteroatoms. The first-order chi connectivity index (χ1) is 11.9. The molecule has 0 spiro atoms. The fourth-order valence-electron chi connectivity index (χ4n) is 3.24.